The normalized spacial score (nSPS) is 10.8. The molecule has 134 valence electrons. The molecule has 4 rings (SSSR count). The van der Waals surface area contributed by atoms with Gasteiger partial charge in [0.05, 0.1) is 28.1 Å². The van der Waals surface area contributed by atoms with E-state index in [0.29, 0.717) is 16.8 Å². The minimum absolute atomic E-state index is 0.374. The molecular weight excluding hydrogens is 360 g/mol. The Balaban J connectivity index is 1.63. The smallest absolute Gasteiger partial charge is 0.249 e. The van der Waals surface area contributed by atoms with Crippen LogP contribution in [0, 0.1) is 13.8 Å². The summed E-state index contributed by atoms with van der Waals surface area (Å²) in [6.07, 6.45) is 3.31. The fraction of sp³-hybridized carbons (Fsp3) is 0.100. The molecular formula is C20H17ClN6. The summed E-state index contributed by atoms with van der Waals surface area (Å²) in [6, 6.07) is 13.8. The van der Waals surface area contributed by atoms with Gasteiger partial charge in [-0.05, 0) is 43.2 Å². The molecule has 0 aliphatic rings. The van der Waals surface area contributed by atoms with Crippen LogP contribution >= 0.6 is 11.6 Å². The van der Waals surface area contributed by atoms with Crippen LogP contribution in [0.4, 0.5) is 23.1 Å². The van der Waals surface area contributed by atoms with Crippen molar-refractivity contribution < 1.29 is 0 Å². The molecule has 7 heteroatoms. The number of hydrogen-bond donors (Lipinski definition) is 2. The Morgan fingerprint density at radius 2 is 1.85 bits per heavy atom. The first kappa shape index (κ1) is 17.2. The van der Waals surface area contributed by atoms with Crippen molar-refractivity contribution in [1.29, 1.82) is 0 Å². The number of aryl methyl sites for hydroxylation is 2. The monoisotopic (exact) mass is 376 g/mol. The van der Waals surface area contributed by atoms with E-state index in [4.69, 9.17) is 11.6 Å². The van der Waals surface area contributed by atoms with Crippen molar-refractivity contribution in [3.05, 3.63) is 71.0 Å². The molecule has 0 amide bonds. The molecule has 0 radical (unpaired) electrons. The van der Waals surface area contributed by atoms with E-state index in [0.717, 1.165) is 33.4 Å². The first-order valence-electron chi connectivity index (χ1n) is 8.44. The maximum atomic E-state index is 6.37. The maximum absolute atomic E-state index is 6.37. The predicted octanol–water partition coefficient (Wildman–Crippen LogP) is 5.18. The van der Waals surface area contributed by atoms with E-state index in [1.165, 1.54) is 0 Å². The van der Waals surface area contributed by atoms with Gasteiger partial charge < -0.3 is 10.6 Å². The van der Waals surface area contributed by atoms with Gasteiger partial charge in [-0.2, -0.15) is 10.1 Å². The van der Waals surface area contributed by atoms with Crippen LogP contribution in [-0.2, 0) is 0 Å². The van der Waals surface area contributed by atoms with E-state index < -0.39 is 0 Å². The van der Waals surface area contributed by atoms with Crippen LogP contribution in [0.15, 0.2) is 54.9 Å². The van der Waals surface area contributed by atoms with Crippen molar-refractivity contribution in [3.63, 3.8) is 0 Å². The fourth-order valence-corrected chi connectivity index (χ4v) is 3.31. The van der Waals surface area contributed by atoms with Gasteiger partial charge in [-0.25, -0.2) is 0 Å². The molecule has 6 nitrogen and oxygen atoms in total. The van der Waals surface area contributed by atoms with Gasteiger partial charge in [-0.1, -0.05) is 35.9 Å². The summed E-state index contributed by atoms with van der Waals surface area (Å²) < 4.78 is 0. The second-order valence-corrected chi connectivity index (χ2v) is 6.64. The zero-order chi connectivity index (χ0) is 18.8. The highest BCUT2D eigenvalue weighted by Gasteiger charge is 2.09. The van der Waals surface area contributed by atoms with Crippen LogP contribution in [0.5, 0.6) is 0 Å². The molecule has 0 spiro atoms. The zero-order valence-electron chi connectivity index (χ0n) is 14.9. The number of nitrogens with zero attached hydrogens (tertiary/aromatic N) is 4. The Kier molecular flexibility index (Phi) is 4.56. The van der Waals surface area contributed by atoms with Crippen molar-refractivity contribution in [2.24, 2.45) is 0 Å². The SMILES string of the molecule is Cc1cc(C)c(Nc2cnnc(Nc3cccc4cccnc34)n2)c(Cl)c1. The van der Waals surface area contributed by atoms with Gasteiger partial charge in [0.1, 0.15) is 0 Å². The number of hydrogen-bond acceptors (Lipinski definition) is 6. The van der Waals surface area contributed by atoms with Crippen LogP contribution < -0.4 is 10.6 Å². The van der Waals surface area contributed by atoms with Gasteiger partial charge in [0.25, 0.3) is 0 Å². The number of rotatable bonds is 4. The van der Waals surface area contributed by atoms with Gasteiger partial charge >= 0.3 is 0 Å². The van der Waals surface area contributed by atoms with Crippen molar-refractivity contribution in [3.8, 4) is 0 Å². The Morgan fingerprint density at radius 1 is 1.00 bits per heavy atom. The third-order valence-electron chi connectivity index (χ3n) is 4.12. The van der Waals surface area contributed by atoms with E-state index in [1.54, 1.807) is 12.4 Å². The number of benzene rings is 2. The second-order valence-electron chi connectivity index (χ2n) is 6.23. The minimum Gasteiger partial charge on any atom is -0.337 e. The molecule has 2 N–H and O–H groups in total. The molecule has 27 heavy (non-hydrogen) atoms. The summed E-state index contributed by atoms with van der Waals surface area (Å²) in [5, 5.41) is 16.2. The molecule has 2 aromatic heterocycles. The third kappa shape index (κ3) is 3.66. The molecule has 0 bridgehead atoms. The molecule has 0 aliphatic carbocycles. The molecule has 0 unspecified atom stereocenters. The lowest BCUT2D eigenvalue weighted by Gasteiger charge is -2.12. The van der Waals surface area contributed by atoms with Crippen LogP contribution in [0.3, 0.4) is 0 Å². The highest BCUT2D eigenvalue weighted by molar-refractivity contribution is 6.33. The number of nitrogens with one attached hydrogen (secondary N) is 2. The molecule has 2 heterocycles. The Hall–Kier alpha value is -3.25. The average molecular weight is 377 g/mol. The summed E-state index contributed by atoms with van der Waals surface area (Å²) in [5.41, 5.74) is 4.61. The molecule has 4 aromatic rings. The summed E-state index contributed by atoms with van der Waals surface area (Å²) in [6.45, 7) is 4.01. The number of fused-ring (bicyclic) bond motifs is 1. The lowest BCUT2D eigenvalue weighted by atomic mass is 10.1. The van der Waals surface area contributed by atoms with Gasteiger partial charge in [-0.15, -0.1) is 5.10 Å². The average Bonchev–Trinajstić information content (AvgIpc) is 2.65. The number of para-hydroxylation sites is 1. The molecule has 0 atom stereocenters. The largest absolute Gasteiger partial charge is 0.337 e. The van der Waals surface area contributed by atoms with E-state index in [9.17, 15) is 0 Å². The highest BCUT2D eigenvalue weighted by Crippen LogP contribution is 2.30. The molecule has 0 saturated heterocycles. The first-order chi connectivity index (χ1) is 13.1. The second kappa shape index (κ2) is 7.17. The summed E-state index contributed by atoms with van der Waals surface area (Å²) in [5.74, 6) is 0.925. The lowest BCUT2D eigenvalue weighted by Crippen LogP contribution is -2.04. The van der Waals surface area contributed by atoms with Gasteiger partial charge in [0, 0.05) is 11.6 Å². The Labute approximate surface area is 161 Å². The van der Waals surface area contributed by atoms with E-state index >= 15 is 0 Å². The summed E-state index contributed by atoms with van der Waals surface area (Å²) >= 11 is 6.37. The van der Waals surface area contributed by atoms with Crippen LogP contribution in [0.25, 0.3) is 10.9 Å². The van der Waals surface area contributed by atoms with Crippen molar-refractivity contribution in [1.82, 2.24) is 20.2 Å². The van der Waals surface area contributed by atoms with E-state index in [-0.39, 0.29) is 0 Å². The summed E-state index contributed by atoms with van der Waals surface area (Å²) in [4.78, 5) is 8.92. The van der Waals surface area contributed by atoms with Gasteiger partial charge in [0.2, 0.25) is 5.95 Å². The maximum Gasteiger partial charge on any atom is 0.249 e. The number of anilines is 4. The molecule has 2 aromatic carbocycles. The van der Waals surface area contributed by atoms with Crippen LogP contribution in [0.2, 0.25) is 5.02 Å². The topological polar surface area (TPSA) is 75.6 Å². The highest BCUT2D eigenvalue weighted by atomic mass is 35.5. The van der Waals surface area contributed by atoms with E-state index in [2.05, 4.69) is 36.9 Å². The number of aromatic nitrogens is 4. The standard InChI is InChI=1S/C20H17ClN6/c1-12-9-13(2)18(15(21)10-12)25-17-11-23-27-20(26-17)24-16-7-3-5-14-6-4-8-22-19(14)16/h3-11H,1-2H3,(H2,24,25,26,27). The number of pyridine rings is 1. The van der Waals surface area contributed by atoms with Gasteiger partial charge in [0.15, 0.2) is 5.82 Å². The van der Waals surface area contributed by atoms with Crippen LogP contribution in [0.1, 0.15) is 11.1 Å². The molecule has 0 fully saturated rings. The molecule has 0 aliphatic heterocycles. The fourth-order valence-electron chi connectivity index (χ4n) is 2.94. The third-order valence-corrected chi connectivity index (χ3v) is 4.42. The van der Waals surface area contributed by atoms with Crippen molar-refractivity contribution in [2.45, 2.75) is 13.8 Å². The quantitative estimate of drug-likeness (QED) is 0.511. The lowest BCUT2D eigenvalue weighted by molar-refractivity contribution is 0.982. The van der Waals surface area contributed by atoms with E-state index in [1.807, 2.05) is 50.2 Å². The number of halogens is 1. The Bertz CT molecular complexity index is 1100. The van der Waals surface area contributed by atoms with Gasteiger partial charge in [-0.3, -0.25) is 4.98 Å². The Morgan fingerprint density at radius 3 is 2.70 bits per heavy atom. The van der Waals surface area contributed by atoms with Crippen molar-refractivity contribution in [2.75, 3.05) is 10.6 Å². The van der Waals surface area contributed by atoms with Crippen molar-refractivity contribution >= 4 is 45.6 Å². The summed E-state index contributed by atoms with van der Waals surface area (Å²) in [7, 11) is 0. The predicted molar refractivity (Wildman–Crippen MR) is 109 cm³/mol. The minimum atomic E-state index is 0.374. The first-order valence-corrected chi connectivity index (χ1v) is 8.82. The van der Waals surface area contributed by atoms with Crippen LogP contribution in [-0.4, -0.2) is 20.2 Å². The molecule has 0 saturated carbocycles. The zero-order valence-corrected chi connectivity index (χ0v) is 15.6.